The smallest absolute Gasteiger partial charge is 0.321 e. The average molecular weight is 206 g/mol. The number of aliphatic carboxylic acids is 1. The van der Waals surface area contributed by atoms with Gasteiger partial charge in [-0.1, -0.05) is 0 Å². The molecular formula is C7H12ClN3O2. The van der Waals surface area contributed by atoms with Crippen LogP contribution in [0, 0.1) is 0 Å². The topological polar surface area (TPSA) is 78.0 Å². The number of aromatic nitrogens is 2. The molecule has 6 heteroatoms. The van der Waals surface area contributed by atoms with Crippen molar-refractivity contribution >= 4 is 18.4 Å². The van der Waals surface area contributed by atoms with Crippen molar-refractivity contribution in [3.05, 3.63) is 18.2 Å². The van der Waals surface area contributed by atoms with Gasteiger partial charge in [-0.3, -0.25) is 4.79 Å². The van der Waals surface area contributed by atoms with Crippen molar-refractivity contribution in [2.45, 2.75) is 12.5 Å². The second-order valence-corrected chi connectivity index (χ2v) is 2.46. The summed E-state index contributed by atoms with van der Waals surface area (Å²) in [7, 11) is 1.62. The zero-order valence-corrected chi connectivity index (χ0v) is 7.97. The number of imidazole rings is 1. The minimum Gasteiger partial charge on any atom is -0.480 e. The zero-order valence-electron chi connectivity index (χ0n) is 7.15. The number of H-pyrrole nitrogens is 1. The van der Waals surface area contributed by atoms with Crippen LogP contribution in [0.5, 0.6) is 0 Å². The van der Waals surface area contributed by atoms with Crippen LogP contribution >= 0.6 is 12.4 Å². The van der Waals surface area contributed by atoms with Crippen molar-refractivity contribution in [1.29, 1.82) is 0 Å². The highest BCUT2D eigenvalue weighted by Gasteiger charge is 2.15. The Morgan fingerprint density at radius 2 is 2.54 bits per heavy atom. The van der Waals surface area contributed by atoms with Crippen molar-refractivity contribution in [3.63, 3.8) is 0 Å². The number of halogens is 1. The van der Waals surface area contributed by atoms with Gasteiger partial charge < -0.3 is 15.4 Å². The first-order chi connectivity index (χ1) is 5.74. The molecule has 0 aliphatic rings. The summed E-state index contributed by atoms with van der Waals surface area (Å²) in [6.07, 6.45) is 3.57. The van der Waals surface area contributed by atoms with Crippen LogP contribution in [0.3, 0.4) is 0 Å². The quantitative estimate of drug-likeness (QED) is 0.649. The summed E-state index contributed by atoms with van der Waals surface area (Å²) in [6, 6.07) is -0.551. The SMILES string of the molecule is CNC(Cc1cnc[nH]1)C(=O)O.Cl. The number of aromatic amines is 1. The van der Waals surface area contributed by atoms with E-state index in [9.17, 15) is 4.79 Å². The summed E-state index contributed by atoms with van der Waals surface area (Å²) in [5.74, 6) is -0.855. The molecule has 0 radical (unpaired) electrons. The van der Waals surface area contributed by atoms with Gasteiger partial charge in [0.15, 0.2) is 0 Å². The molecule has 1 aromatic rings. The number of carboxylic acids is 1. The predicted octanol–water partition coefficient (Wildman–Crippen LogP) is 0.0466. The molecule has 1 atom stereocenters. The minimum atomic E-state index is -0.855. The van der Waals surface area contributed by atoms with E-state index in [0.717, 1.165) is 5.69 Å². The largest absolute Gasteiger partial charge is 0.480 e. The Kier molecular flexibility index (Phi) is 5.10. The molecule has 0 aliphatic carbocycles. The minimum absolute atomic E-state index is 0. The van der Waals surface area contributed by atoms with E-state index >= 15 is 0 Å². The van der Waals surface area contributed by atoms with Crippen LogP contribution in [0.4, 0.5) is 0 Å². The fourth-order valence-electron chi connectivity index (χ4n) is 0.929. The highest BCUT2D eigenvalue weighted by atomic mass is 35.5. The van der Waals surface area contributed by atoms with Gasteiger partial charge in [0.05, 0.1) is 6.33 Å². The fourth-order valence-corrected chi connectivity index (χ4v) is 0.929. The highest BCUT2D eigenvalue weighted by molar-refractivity contribution is 5.85. The molecule has 0 aliphatic heterocycles. The summed E-state index contributed by atoms with van der Waals surface area (Å²) >= 11 is 0. The van der Waals surface area contributed by atoms with Crippen molar-refractivity contribution in [2.75, 3.05) is 7.05 Å². The van der Waals surface area contributed by atoms with E-state index in [1.165, 1.54) is 6.33 Å². The van der Waals surface area contributed by atoms with E-state index in [2.05, 4.69) is 15.3 Å². The van der Waals surface area contributed by atoms with Gasteiger partial charge in [-0.25, -0.2) is 4.98 Å². The maximum atomic E-state index is 10.6. The maximum absolute atomic E-state index is 10.6. The Morgan fingerprint density at radius 3 is 2.92 bits per heavy atom. The van der Waals surface area contributed by atoms with E-state index in [4.69, 9.17) is 5.11 Å². The number of nitrogens with zero attached hydrogens (tertiary/aromatic N) is 1. The Hall–Kier alpha value is -1.07. The number of carbonyl (C=O) groups is 1. The third-order valence-electron chi connectivity index (χ3n) is 1.63. The van der Waals surface area contributed by atoms with E-state index in [1.54, 1.807) is 13.2 Å². The number of rotatable bonds is 4. The molecule has 74 valence electrons. The van der Waals surface area contributed by atoms with Crippen molar-refractivity contribution < 1.29 is 9.90 Å². The van der Waals surface area contributed by atoms with Gasteiger partial charge in [-0.15, -0.1) is 12.4 Å². The number of hydrogen-bond donors (Lipinski definition) is 3. The Bertz CT molecular complexity index is 250. The van der Waals surface area contributed by atoms with Gasteiger partial charge in [0.2, 0.25) is 0 Å². The summed E-state index contributed by atoms with van der Waals surface area (Å²) in [4.78, 5) is 17.2. The van der Waals surface area contributed by atoms with Gasteiger partial charge in [-0.05, 0) is 7.05 Å². The van der Waals surface area contributed by atoms with Crippen LogP contribution < -0.4 is 5.32 Å². The molecule has 0 bridgehead atoms. The molecule has 0 saturated heterocycles. The van der Waals surface area contributed by atoms with Crippen LogP contribution in [0.15, 0.2) is 12.5 Å². The van der Waals surface area contributed by atoms with Crippen molar-refractivity contribution in [2.24, 2.45) is 0 Å². The van der Waals surface area contributed by atoms with Gasteiger partial charge >= 0.3 is 5.97 Å². The summed E-state index contributed by atoms with van der Waals surface area (Å²) in [6.45, 7) is 0. The molecule has 13 heavy (non-hydrogen) atoms. The van der Waals surface area contributed by atoms with Crippen LogP contribution in [0.2, 0.25) is 0 Å². The van der Waals surface area contributed by atoms with Gasteiger partial charge in [-0.2, -0.15) is 0 Å². The highest BCUT2D eigenvalue weighted by Crippen LogP contribution is 1.97. The number of nitrogens with one attached hydrogen (secondary N) is 2. The maximum Gasteiger partial charge on any atom is 0.321 e. The lowest BCUT2D eigenvalue weighted by Gasteiger charge is -2.08. The molecule has 1 heterocycles. The Balaban J connectivity index is 0.00000144. The molecule has 3 N–H and O–H groups in total. The fraction of sp³-hybridized carbons (Fsp3) is 0.429. The van der Waals surface area contributed by atoms with Gasteiger partial charge in [0, 0.05) is 18.3 Å². The zero-order chi connectivity index (χ0) is 8.97. The standard InChI is InChI=1S/C7H11N3O2.ClH/c1-8-6(7(11)12)2-5-3-9-4-10-5;/h3-4,6,8H,2H2,1H3,(H,9,10)(H,11,12);1H. The van der Waals surface area contributed by atoms with Crippen LogP contribution in [-0.4, -0.2) is 34.1 Å². The molecule has 1 aromatic heterocycles. The monoisotopic (exact) mass is 205 g/mol. The van der Waals surface area contributed by atoms with Crippen molar-refractivity contribution in [3.8, 4) is 0 Å². The summed E-state index contributed by atoms with van der Waals surface area (Å²) in [5, 5.41) is 11.4. The molecule has 0 saturated carbocycles. The molecule has 0 aromatic carbocycles. The molecule has 1 unspecified atom stereocenters. The van der Waals surface area contributed by atoms with Crippen LogP contribution in [-0.2, 0) is 11.2 Å². The lowest BCUT2D eigenvalue weighted by molar-refractivity contribution is -0.139. The predicted molar refractivity (Wildman–Crippen MR) is 50.0 cm³/mol. The number of hydrogen-bond acceptors (Lipinski definition) is 3. The normalized spacial score (nSPS) is 11.8. The third-order valence-corrected chi connectivity index (χ3v) is 1.63. The first-order valence-corrected chi connectivity index (χ1v) is 3.61. The molecule has 0 fully saturated rings. The van der Waals surface area contributed by atoms with Crippen molar-refractivity contribution in [1.82, 2.24) is 15.3 Å². The second kappa shape index (κ2) is 5.55. The van der Waals surface area contributed by atoms with E-state index in [-0.39, 0.29) is 12.4 Å². The van der Waals surface area contributed by atoms with E-state index < -0.39 is 12.0 Å². The van der Waals surface area contributed by atoms with Crippen LogP contribution in [0.1, 0.15) is 5.69 Å². The first-order valence-electron chi connectivity index (χ1n) is 3.61. The Morgan fingerprint density at radius 1 is 1.85 bits per heavy atom. The first kappa shape index (κ1) is 11.9. The number of carboxylic acid groups (broad SMARTS) is 1. The summed E-state index contributed by atoms with van der Waals surface area (Å²) in [5.41, 5.74) is 0.816. The number of likely N-dealkylation sites (N-methyl/N-ethyl adjacent to an activating group) is 1. The van der Waals surface area contributed by atoms with Gasteiger partial charge in [0.25, 0.3) is 0 Å². The molecular weight excluding hydrogens is 194 g/mol. The lowest BCUT2D eigenvalue weighted by atomic mass is 10.2. The second-order valence-electron chi connectivity index (χ2n) is 2.46. The summed E-state index contributed by atoms with van der Waals surface area (Å²) < 4.78 is 0. The lowest BCUT2D eigenvalue weighted by Crippen LogP contribution is -2.35. The average Bonchev–Trinajstić information content (AvgIpc) is 2.51. The molecule has 0 amide bonds. The van der Waals surface area contributed by atoms with Crippen LogP contribution in [0.25, 0.3) is 0 Å². The third kappa shape index (κ3) is 3.43. The van der Waals surface area contributed by atoms with E-state index in [0.29, 0.717) is 6.42 Å². The van der Waals surface area contributed by atoms with E-state index in [1.807, 2.05) is 0 Å². The molecule has 0 spiro atoms. The van der Waals surface area contributed by atoms with Gasteiger partial charge in [0.1, 0.15) is 6.04 Å². The molecule has 5 nitrogen and oxygen atoms in total. The molecule has 1 rings (SSSR count). The Labute approximate surface area is 82.0 Å².